The van der Waals surface area contributed by atoms with Crippen LogP contribution in [0.25, 0.3) is 6.08 Å². The summed E-state index contributed by atoms with van der Waals surface area (Å²) in [7, 11) is 0. The molecule has 1 fully saturated rings. The molecule has 2 rings (SSSR count). The molecule has 140 valence electrons. The number of hydrogen-bond donors (Lipinski definition) is 0. The highest BCUT2D eigenvalue weighted by atomic mass is 79.9. The van der Waals surface area contributed by atoms with Crippen LogP contribution in [-0.2, 0) is 4.79 Å². The van der Waals surface area contributed by atoms with Gasteiger partial charge in [-0.05, 0) is 71.7 Å². The lowest BCUT2D eigenvalue weighted by Crippen LogP contribution is -2.27. The van der Waals surface area contributed by atoms with Gasteiger partial charge in [-0.3, -0.25) is 14.5 Å². The molecule has 0 N–H and O–H groups in total. The number of ether oxygens (including phenoxy) is 2. The minimum atomic E-state index is -0.311. The van der Waals surface area contributed by atoms with Crippen molar-refractivity contribution in [2.45, 2.75) is 33.3 Å². The number of rotatable bonds is 8. The van der Waals surface area contributed by atoms with Crippen LogP contribution in [0.5, 0.6) is 11.5 Å². The first-order valence-corrected chi connectivity index (χ1v) is 10.0. The molecule has 5 nitrogen and oxygen atoms in total. The van der Waals surface area contributed by atoms with Gasteiger partial charge >= 0.3 is 0 Å². The second-order valence-electron chi connectivity index (χ2n) is 5.68. The molecule has 1 aliphatic rings. The Morgan fingerprint density at radius 1 is 1.35 bits per heavy atom. The van der Waals surface area contributed by atoms with E-state index >= 15 is 0 Å². The van der Waals surface area contributed by atoms with Crippen LogP contribution in [0.2, 0.25) is 0 Å². The number of halogens is 1. The van der Waals surface area contributed by atoms with Crippen LogP contribution in [0.1, 0.15) is 32.8 Å². The SMILES string of the molecule is C=CCN1C(=O)S/C(=C/c2cc(Br)c(O[C@@H](C)CC)c(OCC)c2)C1=O. The van der Waals surface area contributed by atoms with Gasteiger partial charge in [0, 0.05) is 6.54 Å². The average molecular weight is 440 g/mol. The minimum absolute atomic E-state index is 0.0479. The monoisotopic (exact) mass is 439 g/mol. The van der Waals surface area contributed by atoms with Crippen molar-refractivity contribution in [3.05, 3.63) is 39.7 Å². The Balaban J connectivity index is 2.37. The maximum Gasteiger partial charge on any atom is 0.293 e. The van der Waals surface area contributed by atoms with Crippen molar-refractivity contribution < 1.29 is 19.1 Å². The highest BCUT2D eigenvalue weighted by Gasteiger charge is 2.34. The van der Waals surface area contributed by atoms with Crippen molar-refractivity contribution in [3.8, 4) is 11.5 Å². The topological polar surface area (TPSA) is 55.8 Å². The first-order chi connectivity index (χ1) is 12.4. The number of hydrogen-bond acceptors (Lipinski definition) is 5. The third-order valence-corrected chi connectivity index (χ3v) is 5.21. The smallest absolute Gasteiger partial charge is 0.293 e. The van der Waals surface area contributed by atoms with E-state index in [0.29, 0.717) is 23.0 Å². The highest BCUT2D eigenvalue weighted by Crippen LogP contribution is 2.40. The van der Waals surface area contributed by atoms with Gasteiger partial charge < -0.3 is 9.47 Å². The Morgan fingerprint density at radius 3 is 2.69 bits per heavy atom. The molecule has 1 aliphatic heterocycles. The van der Waals surface area contributed by atoms with Crippen LogP contribution in [0.3, 0.4) is 0 Å². The van der Waals surface area contributed by atoms with E-state index in [1.807, 2.05) is 32.9 Å². The third-order valence-electron chi connectivity index (χ3n) is 3.71. The average Bonchev–Trinajstić information content (AvgIpc) is 2.86. The number of carbonyl (C=O) groups is 2. The van der Waals surface area contributed by atoms with Crippen LogP contribution in [-0.4, -0.2) is 35.3 Å². The molecule has 0 aromatic heterocycles. The molecule has 2 amide bonds. The zero-order chi connectivity index (χ0) is 19.3. The van der Waals surface area contributed by atoms with E-state index in [9.17, 15) is 9.59 Å². The molecular formula is C19H22BrNO4S. The number of imide groups is 1. The Kier molecular flexibility index (Phi) is 7.34. The van der Waals surface area contributed by atoms with Gasteiger partial charge in [0.15, 0.2) is 11.5 Å². The van der Waals surface area contributed by atoms with Gasteiger partial charge in [-0.2, -0.15) is 0 Å². The number of thioether (sulfide) groups is 1. The molecule has 0 saturated carbocycles. The minimum Gasteiger partial charge on any atom is -0.490 e. The fourth-order valence-electron chi connectivity index (χ4n) is 2.27. The van der Waals surface area contributed by atoms with Crippen molar-refractivity contribution in [3.63, 3.8) is 0 Å². The van der Waals surface area contributed by atoms with Gasteiger partial charge in [-0.1, -0.05) is 13.0 Å². The van der Waals surface area contributed by atoms with E-state index in [4.69, 9.17) is 9.47 Å². The molecule has 26 heavy (non-hydrogen) atoms. The van der Waals surface area contributed by atoms with Crippen molar-refractivity contribution in [2.75, 3.05) is 13.2 Å². The Labute approximate surface area is 166 Å². The summed E-state index contributed by atoms with van der Waals surface area (Å²) in [5, 5.41) is -0.290. The largest absolute Gasteiger partial charge is 0.490 e. The Bertz CT molecular complexity index is 747. The van der Waals surface area contributed by atoms with E-state index in [1.165, 1.54) is 11.0 Å². The maximum atomic E-state index is 12.4. The molecule has 0 aliphatic carbocycles. The first-order valence-electron chi connectivity index (χ1n) is 8.40. The lowest BCUT2D eigenvalue weighted by atomic mass is 10.1. The number of benzene rings is 1. The fourth-order valence-corrected chi connectivity index (χ4v) is 3.67. The summed E-state index contributed by atoms with van der Waals surface area (Å²) in [5.74, 6) is 0.922. The van der Waals surface area contributed by atoms with Gasteiger partial charge in [-0.15, -0.1) is 6.58 Å². The normalized spacial score (nSPS) is 16.9. The second-order valence-corrected chi connectivity index (χ2v) is 7.53. The molecular weight excluding hydrogens is 418 g/mol. The van der Waals surface area contributed by atoms with Crippen LogP contribution in [0, 0.1) is 0 Å². The summed E-state index contributed by atoms with van der Waals surface area (Å²) >= 11 is 4.45. The number of carbonyl (C=O) groups excluding carboxylic acids is 2. The number of amides is 2. The van der Waals surface area contributed by atoms with Gasteiger partial charge in [0.05, 0.1) is 22.1 Å². The first kappa shape index (κ1) is 20.6. The quantitative estimate of drug-likeness (QED) is 0.408. The van der Waals surface area contributed by atoms with E-state index in [0.717, 1.165) is 28.2 Å². The molecule has 1 heterocycles. The predicted molar refractivity (Wildman–Crippen MR) is 109 cm³/mol. The maximum absolute atomic E-state index is 12.4. The van der Waals surface area contributed by atoms with E-state index < -0.39 is 0 Å². The lowest BCUT2D eigenvalue weighted by Gasteiger charge is -2.18. The molecule has 0 radical (unpaired) electrons. The van der Waals surface area contributed by atoms with Crippen molar-refractivity contribution in [1.29, 1.82) is 0 Å². The Hall–Kier alpha value is -1.73. The summed E-state index contributed by atoms with van der Waals surface area (Å²) in [4.78, 5) is 25.8. The van der Waals surface area contributed by atoms with E-state index in [2.05, 4.69) is 22.5 Å². The van der Waals surface area contributed by atoms with Gasteiger partial charge in [-0.25, -0.2) is 0 Å². The molecule has 7 heteroatoms. The molecule has 1 saturated heterocycles. The van der Waals surface area contributed by atoms with Crippen LogP contribution < -0.4 is 9.47 Å². The van der Waals surface area contributed by atoms with E-state index in [1.54, 1.807) is 6.08 Å². The molecule has 1 aromatic carbocycles. The van der Waals surface area contributed by atoms with Crippen molar-refractivity contribution in [1.82, 2.24) is 4.90 Å². The fraction of sp³-hybridized carbons (Fsp3) is 0.368. The lowest BCUT2D eigenvalue weighted by molar-refractivity contribution is -0.122. The predicted octanol–water partition coefficient (Wildman–Crippen LogP) is 5.25. The second kappa shape index (κ2) is 9.28. The van der Waals surface area contributed by atoms with Crippen molar-refractivity contribution >= 4 is 44.9 Å². The molecule has 1 atom stereocenters. The molecule has 0 bridgehead atoms. The van der Waals surface area contributed by atoms with Crippen LogP contribution in [0.15, 0.2) is 34.2 Å². The molecule has 1 aromatic rings. The summed E-state index contributed by atoms with van der Waals surface area (Å²) in [6.07, 6.45) is 4.14. The van der Waals surface area contributed by atoms with Gasteiger partial charge in [0.1, 0.15) is 0 Å². The Morgan fingerprint density at radius 2 is 2.08 bits per heavy atom. The highest BCUT2D eigenvalue weighted by molar-refractivity contribution is 9.10. The molecule has 0 unspecified atom stereocenters. The molecule has 0 spiro atoms. The number of nitrogens with zero attached hydrogens (tertiary/aromatic N) is 1. The standard InChI is InChI=1S/C19H22BrNO4S/c1-5-8-21-18(22)16(26-19(21)23)11-13-9-14(20)17(25-12(4)6-2)15(10-13)24-7-3/h5,9-12H,1,6-8H2,2-4H3/b16-11+/t12-/m0/s1. The summed E-state index contributed by atoms with van der Waals surface area (Å²) in [5.41, 5.74) is 0.751. The summed E-state index contributed by atoms with van der Waals surface area (Å²) in [6, 6.07) is 3.66. The van der Waals surface area contributed by atoms with E-state index in [-0.39, 0.29) is 23.8 Å². The van der Waals surface area contributed by atoms with Crippen molar-refractivity contribution in [2.24, 2.45) is 0 Å². The summed E-state index contributed by atoms with van der Waals surface area (Å²) < 4.78 is 12.4. The van der Waals surface area contributed by atoms with Crippen LogP contribution in [0.4, 0.5) is 4.79 Å². The summed E-state index contributed by atoms with van der Waals surface area (Å²) in [6.45, 7) is 10.2. The van der Waals surface area contributed by atoms with Gasteiger partial charge in [0.25, 0.3) is 11.1 Å². The van der Waals surface area contributed by atoms with Gasteiger partial charge in [0.2, 0.25) is 0 Å². The zero-order valence-electron chi connectivity index (χ0n) is 15.1. The zero-order valence-corrected chi connectivity index (χ0v) is 17.5. The third kappa shape index (κ3) is 4.71. The van der Waals surface area contributed by atoms with Crippen LogP contribution >= 0.6 is 27.7 Å².